The lowest BCUT2D eigenvalue weighted by Crippen LogP contribution is -2.34. The number of hydrogen-bond acceptors (Lipinski definition) is 4. The van der Waals surface area contributed by atoms with Crippen molar-refractivity contribution in [3.63, 3.8) is 0 Å². The van der Waals surface area contributed by atoms with Gasteiger partial charge in [-0.25, -0.2) is 9.97 Å². The van der Waals surface area contributed by atoms with Gasteiger partial charge in [0.2, 0.25) is 5.91 Å². The van der Waals surface area contributed by atoms with Crippen molar-refractivity contribution in [2.75, 3.05) is 0 Å². The summed E-state index contributed by atoms with van der Waals surface area (Å²) in [6, 6.07) is 13.0. The first-order valence-corrected chi connectivity index (χ1v) is 10.6. The molecule has 0 bridgehead atoms. The molecule has 0 spiro atoms. The number of rotatable bonds is 7. The van der Waals surface area contributed by atoms with Crippen molar-refractivity contribution in [3.05, 3.63) is 75.7 Å². The SMILES string of the molecule is Cc1nc(-c2ccccn2)nc(CC(C(=O)NCc2ccc(Cl)cc2)C(C)C)c1Cl. The molecular weight excluding hydrogens is 419 g/mol. The Morgan fingerprint density at radius 3 is 2.43 bits per heavy atom. The van der Waals surface area contributed by atoms with E-state index in [2.05, 4.69) is 20.3 Å². The minimum atomic E-state index is -0.277. The summed E-state index contributed by atoms with van der Waals surface area (Å²) in [5.41, 5.74) is 2.99. The summed E-state index contributed by atoms with van der Waals surface area (Å²) >= 11 is 12.4. The number of pyridine rings is 1. The van der Waals surface area contributed by atoms with Gasteiger partial charge in [0.25, 0.3) is 0 Å². The van der Waals surface area contributed by atoms with Gasteiger partial charge in [-0.05, 0) is 42.7 Å². The number of halogens is 2. The van der Waals surface area contributed by atoms with Crippen molar-refractivity contribution in [1.82, 2.24) is 20.3 Å². The zero-order chi connectivity index (χ0) is 21.7. The molecule has 0 radical (unpaired) electrons. The number of carbonyl (C=O) groups is 1. The lowest BCUT2D eigenvalue weighted by molar-refractivity contribution is -0.126. The highest BCUT2D eigenvalue weighted by Gasteiger charge is 2.25. The molecule has 3 aromatic rings. The maximum atomic E-state index is 12.9. The van der Waals surface area contributed by atoms with Crippen LogP contribution >= 0.6 is 23.2 Å². The van der Waals surface area contributed by atoms with Crippen molar-refractivity contribution in [2.45, 2.75) is 33.7 Å². The van der Waals surface area contributed by atoms with Gasteiger partial charge in [-0.2, -0.15) is 0 Å². The number of nitrogens with zero attached hydrogens (tertiary/aromatic N) is 3. The third kappa shape index (κ3) is 5.55. The van der Waals surface area contributed by atoms with Crippen molar-refractivity contribution < 1.29 is 4.79 Å². The molecule has 0 saturated carbocycles. The van der Waals surface area contributed by atoms with Gasteiger partial charge in [-0.3, -0.25) is 9.78 Å². The second-order valence-electron chi connectivity index (χ2n) is 7.51. The first kappa shape index (κ1) is 22.2. The third-order valence-electron chi connectivity index (χ3n) is 4.91. The van der Waals surface area contributed by atoms with Crippen LogP contribution in [0.2, 0.25) is 10.0 Å². The number of aryl methyl sites for hydroxylation is 1. The second kappa shape index (κ2) is 10.0. The number of amides is 1. The van der Waals surface area contributed by atoms with Crippen LogP contribution in [-0.2, 0) is 17.8 Å². The topological polar surface area (TPSA) is 67.8 Å². The van der Waals surface area contributed by atoms with E-state index in [0.717, 1.165) is 5.56 Å². The largest absolute Gasteiger partial charge is 0.352 e. The van der Waals surface area contributed by atoms with Crippen LogP contribution in [-0.4, -0.2) is 20.9 Å². The highest BCUT2D eigenvalue weighted by atomic mass is 35.5. The quantitative estimate of drug-likeness (QED) is 0.539. The number of aromatic nitrogens is 3. The third-order valence-corrected chi connectivity index (χ3v) is 5.66. The van der Waals surface area contributed by atoms with Gasteiger partial charge in [0.1, 0.15) is 5.69 Å². The fourth-order valence-electron chi connectivity index (χ4n) is 3.13. The molecule has 1 N–H and O–H groups in total. The molecule has 0 aliphatic rings. The Morgan fingerprint density at radius 2 is 1.80 bits per heavy atom. The van der Waals surface area contributed by atoms with Crippen molar-refractivity contribution in [1.29, 1.82) is 0 Å². The lowest BCUT2D eigenvalue weighted by atomic mass is 9.90. The predicted molar refractivity (Wildman–Crippen MR) is 120 cm³/mol. The van der Waals surface area contributed by atoms with Gasteiger partial charge in [0, 0.05) is 30.1 Å². The van der Waals surface area contributed by atoms with Crippen LogP contribution in [0.4, 0.5) is 0 Å². The summed E-state index contributed by atoms with van der Waals surface area (Å²) in [4.78, 5) is 26.4. The van der Waals surface area contributed by atoms with E-state index in [4.69, 9.17) is 23.2 Å². The van der Waals surface area contributed by atoms with Crippen LogP contribution in [0.1, 0.15) is 30.8 Å². The summed E-state index contributed by atoms with van der Waals surface area (Å²) in [6.07, 6.45) is 2.12. The summed E-state index contributed by atoms with van der Waals surface area (Å²) in [7, 11) is 0. The van der Waals surface area contributed by atoms with E-state index in [1.807, 2.05) is 63.2 Å². The maximum absolute atomic E-state index is 12.9. The number of benzene rings is 1. The fourth-order valence-corrected chi connectivity index (χ4v) is 3.41. The Kier molecular flexibility index (Phi) is 7.40. The Labute approximate surface area is 186 Å². The molecule has 0 aliphatic carbocycles. The molecule has 156 valence electrons. The lowest BCUT2D eigenvalue weighted by Gasteiger charge is -2.21. The van der Waals surface area contributed by atoms with Gasteiger partial charge < -0.3 is 5.32 Å². The van der Waals surface area contributed by atoms with Gasteiger partial charge in [0.15, 0.2) is 5.82 Å². The number of nitrogens with one attached hydrogen (secondary N) is 1. The van der Waals surface area contributed by atoms with Crippen molar-refractivity contribution >= 4 is 29.1 Å². The Bertz CT molecular complexity index is 1010. The highest BCUT2D eigenvalue weighted by Crippen LogP contribution is 2.26. The van der Waals surface area contributed by atoms with Crippen LogP contribution in [0, 0.1) is 18.8 Å². The molecule has 7 heteroatoms. The van der Waals surface area contributed by atoms with Gasteiger partial charge in [-0.1, -0.05) is 55.2 Å². The standard InChI is InChI=1S/C23H24Cl2N4O/c1-14(2)18(23(30)27-13-16-7-9-17(24)10-8-16)12-20-21(25)15(3)28-22(29-20)19-6-4-5-11-26-19/h4-11,14,18H,12-13H2,1-3H3,(H,27,30). The van der Waals surface area contributed by atoms with E-state index >= 15 is 0 Å². The van der Waals surface area contributed by atoms with E-state index in [1.54, 1.807) is 6.20 Å². The fraction of sp³-hybridized carbons (Fsp3) is 0.304. The van der Waals surface area contributed by atoms with Gasteiger partial charge >= 0.3 is 0 Å². The Balaban J connectivity index is 1.79. The van der Waals surface area contributed by atoms with E-state index < -0.39 is 0 Å². The molecule has 1 atom stereocenters. The maximum Gasteiger partial charge on any atom is 0.224 e. The van der Waals surface area contributed by atoms with Crippen molar-refractivity contribution in [3.8, 4) is 11.5 Å². The summed E-state index contributed by atoms with van der Waals surface area (Å²) in [5, 5.41) is 4.18. The molecular formula is C23H24Cl2N4O. The molecule has 0 saturated heterocycles. The van der Waals surface area contributed by atoms with E-state index in [9.17, 15) is 4.79 Å². The minimum absolute atomic E-state index is 0.0355. The van der Waals surface area contributed by atoms with Crippen LogP contribution in [0.5, 0.6) is 0 Å². The van der Waals surface area contributed by atoms with Crippen LogP contribution in [0.15, 0.2) is 48.7 Å². The van der Waals surface area contributed by atoms with Crippen LogP contribution < -0.4 is 5.32 Å². The van der Waals surface area contributed by atoms with E-state index in [1.165, 1.54) is 0 Å². The first-order valence-electron chi connectivity index (χ1n) is 9.81. The molecule has 0 fully saturated rings. The van der Waals surface area contributed by atoms with Gasteiger partial charge in [0.05, 0.1) is 16.4 Å². The predicted octanol–water partition coefficient (Wildman–Crippen LogP) is 5.28. The average molecular weight is 443 g/mol. The van der Waals surface area contributed by atoms with E-state index in [-0.39, 0.29) is 17.7 Å². The first-order chi connectivity index (χ1) is 14.3. The van der Waals surface area contributed by atoms with Crippen molar-refractivity contribution in [2.24, 2.45) is 11.8 Å². The summed E-state index contributed by atoms with van der Waals surface area (Å²) < 4.78 is 0. The molecule has 0 aliphatic heterocycles. The molecule has 2 aromatic heterocycles. The minimum Gasteiger partial charge on any atom is -0.352 e. The van der Waals surface area contributed by atoms with E-state index in [0.29, 0.717) is 45.9 Å². The zero-order valence-corrected chi connectivity index (χ0v) is 18.7. The molecule has 5 nitrogen and oxygen atoms in total. The number of hydrogen-bond donors (Lipinski definition) is 1. The molecule has 2 heterocycles. The van der Waals surface area contributed by atoms with Gasteiger partial charge in [-0.15, -0.1) is 0 Å². The summed E-state index contributed by atoms with van der Waals surface area (Å²) in [5.74, 6) is 0.309. The average Bonchev–Trinajstić information content (AvgIpc) is 2.74. The molecule has 3 rings (SSSR count). The monoisotopic (exact) mass is 442 g/mol. The number of carbonyl (C=O) groups excluding carboxylic acids is 1. The smallest absolute Gasteiger partial charge is 0.224 e. The Hall–Kier alpha value is -2.50. The second-order valence-corrected chi connectivity index (χ2v) is 8.32. The molecule has 1 aromatic carbocycles. The molecule has 30 heavy (non-hydrogen) atoms. The summed E-state index contributed by atoms with van der Waals surface area (Å²) in [6.45, 7) is 6.32. The zero-order valence-electron chi connectivity index (χ0n) is 17.2. The molecule has 1 unspecified atom stereocenters. The highest BCUT2D eigenvalue weighted by molar-refractivity contribution is 6.31. The Morgan fingerprint density at radius 1 is 1.07 bits per heavy atom. The van der Waals surface area contributed by atoms with Crippen LogP contribution in [0.3, 0.4) is 0 Å². The van der Waals surface area contributed by atoms with Crippen LogP contribution in [0.25, 0.3) is 11.5 Å². The molecule has 1 amide bonds. The normalized spacial score (nSPS) is 12.1.